The summed E-state index contributed by atoms with van der Waals surface area (Å²) in [5, 5.41) is 8.88. The van der Waals surface area contributed by atoms with Gasteiger partial charge in [0, 0.05) is 6.20 Å². The fourth-order valence-corrected chi connectivity index (χ4v) is 1.31. The van der Waals surface area contributed by atoms with Gasteiger partial charge in [0.15, 0.2) is 0 Å². The van der Waals surface area contributed by atoms with Gasteiger partial charge in [-0.1, -0.05) is 6.07 Å². The van der Waals surface area contributed by atoms with Crippen molar-refractivity contribution in [2.24, 2.45) is 0 Å². The number of fused-ring (bicyclic) bond motifs is 1. The summed E-state index contributed by atoms with van der Waals surface area (Å²) in [6.07, 6.45) is 1.56. The van der Waals surface area contributed by atoms with E-state index in [-0.39, 0.29) is 5.56 Å². The lowest BCUT2D eigenvalue weighted by Gasteiger charge is -2.00. The third-order valence-electron chi connectivity index (χ3n) is 1.92. The van der Waals surface area contributed by atoms with Crippen LogP contribution in [0.2, 0.25) is 0 Å². The van der Waals surface area contributed by atoms with Crippen molar-refractivity contribution in [3.8, 4) is 0 Å². The zero-order valence-electron chi connectivity index (χ0n) is 7.56. The summed E-state index contributed by atoms with van der Waals surface area (Å²) in [5.41, 5.74) is 2.02. The van der Waals surface area contributed by atoms with E-state index >= 15 is 0 Å². The van der Waals surface area contributed by atoms with E-state index in [1.807, 2.05) is 6.92 Å². The summed E-state index contributed by atoms with van der Waals surface area (Å²) in [6, 6.07) is 4.94. The summed E-state index contributed by atoms with van der Waals surface area (Å²) in [6.45, 7) is 1.82. The molecule has 70 valence electrons. The lowest BCUT2D eigenvalue weighted by atomic mass is 10.2. The van der Waals surface area contributed by atoms with Crippen molar-refractivity contribution >= 4 is 17.0 Å². The minimum atomic E-state index is -0.978. The minimum Gasteiger partial charge on any atom is -0.478 e. The number of carboxylic acids is 1. The maximum atomic E-state index is 10.8. The molecule has 14 heavy (non-hydrogen) atoms. The van der Waals surface area contributed by atoms with Crippen LogP contribution in [0.3, 0.4) is 0 Å². The van der Waals surface area contributed by atoms with E-state index in [0.717, 1.165) is 5.69 Å². The molecule has 1 aromatic carbocycles. The second-order valence-corrected chi connectivity index (χ2v) is 2.99. The molecule has 0 saturated carbocycles. The Morgan fingerprint density at radius 1 is 1.43 bits per heavy atom. The average Bonchev–Trinajstić information content (AvgIpc) is 2.16. The summed E-state index contributed by atoms with van der Waals surface area (Å²) in [4.78, 5) is 19.1. The minimum absolute atomic E-state index is 0.190. The lowest BCUT2D eigenvalue weighted by molar-refractivity contribution is 0.0699. The summed E-state index contributed by atoms with van der Waals surface area (Å²) < 4.78 is 0. The van der Waals surface area contributed by atoms with Crippen LogP contribution in [0.1, 0.15) is 16.1 Å². The molecule has 0 atom stereocenters. The fraction of sp³-hybridized carbons (Fsp3) is 0.100. The number of benzene rings is 1. The average molecular weight is 188 g/mol. The lowest BCUT2D eigenvalue weighted by Crippen LogP contribution is -1.99. The van der Waals surface area contributed by atoms with Crippen LogP contribution in [0, 0.1) is 6.92 Å². The topological polar surface area (TPSA) is 63.1 Å². The van der Waals surface area contributed by atoms with E-state index in [1.165, 1.54) is 6.07 Å². The Labute approximate surface area is 80.2 Å². The van der Waals surface area contributed by atoms with Gasteiger partial charge in [-0.2, -0.15) is 0 Å². The molecule has 0 radical (unpaired) electrons. The van der Waals surface area contributed by atoms with Gasteiger partial charge in [0.25, 0.3) is 0 Å². The van der Waals surface area contributed by atoms with Crippen molar-refractivity contribution in [2.75, 3.05) is 0 Å². The Hall–Kier alpha value is -1.97. The Morgan fingerprint density at radius 2 is 2.21 bits per heavy atom. The van der Waals surface area contributed by atoms with Gasteiger partial charge in [-0.25, -0.2) is 9.78 Å². The van der Waals surface area contributed by atoms with Gasteiger partial charge < -0.3 is 5.11 Å². The van der Waals surface area contributed by atoms with Gasteiger partial charge in [-0.15, -0.1) is 0 Å². The largest absolute Gasteiger partial charge is 0.478 e. The Bertz CT molecular complexity index is 508. The van der Waals surface area contributed by atoms with Gasteiger partial charge in [-0.05, 0) is 19.1 Å². The van der Waals surface area contributed by atoms with Crippen LogP contribution in [0.15, 0.2) is 24.4 Å². The molecule has 0 fully saturated rings. The molecule has 0 amide bonds. The molecule has 0 bridgehead atoms. The molecule has 1 heterocycles. The Balaban J connectivity index is 2.81. The first-order chi connectivity index (χ1) is 6.68. The van der Waals surface area contributed by atoms with E-state index in [1.54, 1.807) is 18.3 Å². The fourth-order valence-electron chi connectivity index (χ4n) is 1.31. The first-order valence-corrected chi connectivity index (χ1v) is 4.14. The van der Waals surface area contributed by atoms with E-state index in [4.69, 9.17) is 5.11 Å². The molecule has 2 aromatic rings. The van der Waals surface area contributed by atoms with E-state index in [0.29, 0.717) is 11.0 Å². The summed E-state index contributed by atoms with van der Waals surface area (Å²) in [5.74, 6) is -0.978. The molecule has 1 aromatic heterocycles. The normalized spacial score (nSPS) is 10.4. The number of carbonyl (C=O) groups is 1. The molecular formula is C10H8N2O2. The number of aromatic carboxylic acids is 1. The van der Waals surface area contributed by atoms with E-state index in [2.05, 4.69) is 9.97 Å². The van der Waals surface area contributed by atoms with Crippen molar-refractivity contribution in [2.45, 2.75) is 6.92 Å². The Kier molecular flexibility index (Phi) is 1.89. The number of hydrogen-bond acceptors (Lipinski definition) is 3. The van der Waals surface area contributed by atoms with Crippen LogP contribution in [-0.2, 0) is 0 Å². The number of hydrogen-bond donors (Lipinski definition) is 1. The molecule has 0 aliphatic carbocycles. The van der Waals surface area contributed by atoms with E-state index in [9.17, 15) is 4.79 Å². The maximum absolute atomic E-state index is 10.8. The van der Waals surface area contributed by atoms with Crippen molar-refractivity contribution in [3.05, 3.63) is 35.7 Å². The molecule has 0 aliphatic rings. The highest BCUT2D eigenvalue weighted by atomic mass is 16.4. The molecular weight excluding hydrogens is 180 g/mol. The predicted molar refractivity (Wildman–Crippen MR) is 51.2 cm³/mol. The standard InChI is InChI=1S/C10H8N2O2/c1-6-5-11-9-7(10(13)14)3-2-4-8(9)12-6/h2-5H,1H3,(H,13,14). The van der Waals surface area contributed by atoms with Gasteiger partial charge in [0.05, 0.1) is 16.8 Å². The van der Waals surface area contributed by atoms with Crippen LogP contribution in [0.4, 0.5) is 0 Å². The number of rotatable bonds is 1. The van der Waals surface area contributed by atoms with Gasteiger partial charge in [-0.3, -0.25) is 4.98 Å². The number of aromatic nitrogens is 2. The number of nitrogens with zero attached hydrogens (tertiary/aromatic N) is 2. The highest BCUT2D eigenvalue weighted by molar-refractivity contribution is 6.00. The quantitative estimate of drug-likeness (QED) is 0.738. The van der Waals surface area contributed by atoms with Gasteiger partial charge in [0.2, 0.25) is 0 Å². The first kappa shape index (κ1) is 8.62. The zero-order chi connectivity index (χ0) is 10.1. The van der Waals surface area contributed by atoms with Crippen LogP contribution in [0.5, 0.6) is 0 Å². The molecule has 4 nitrogen and oxygen atoms in total. The number of aryl methyl sites for hydroxylation is 1. The van der Waals surface area contributed by atoms with Gasteiger partial charge in [0.1, 0.15) is 5.52 Å². The molecule has 0 spiro atoms. The first-order valence-electron chi connectivity index (χ1n) is 4.14. The highest BCUT2D eigenvalue weighted by Gasteiger charge is 2.09. The molecule has 4 heteroatoms. The van der Waals surface area contributed by atoms with Crippen molar-refractivity contribution < 1.29 is 9.90 Å². The van der Waals surface area contributed by atoms with Crippen LogP contribution >= 0.6 is 0 Å². The second kappa shape index (κ2) is 3.06. The Morgan fingerprint density at radius 3 is 2.93 bits per heavy atom. The third kappa shape index (κ3) is 1.31. The number of carboxylic acid groups (broad SMARTS) is 1. The number of para-hydroxylation sites is 1. The SMILES string of the molecule is Cc1cnc2c(C(=O)O)cccc2n1. The van der Waals surface area contributed by atoms with E-state index < -0.39 is 5.97 Å². The van der Waals surface area contributed by atoms with Crippen LogP contribution in [0.25, 0.3) is 11.0 Å². The molecule has 0 saturated heterocycles. The zero-order valence-corrected chi connectivity index (χ0v) is 7.56. The maximum Gasteiger partial charge on any atom is 0.337 e. The molecule has 0 aliphatic heterocycles. The van der Waals surface area contributed by atoms with Crippen molar-refractivity contribution in [1.29, 1.82) is 0 Å². The highest BCUT2D eigenvalue weighted by Crippen LogP contribution is 2.14. The molecule has 0 unspecified atom stereocenters. The monoisotopic (exact) mass is 188 g/mol. The van der Waals surface area contributed by atoms with Gasteiger partial charge >= 0.3 is 5.97 Å². The smallest absolute Gasteiger partial charge is 0.337 e. The summed E-state index contributed by atoms with van der Waals surface area (Å²) in [7, 11) is 0. The van der Waals surface area contributed by atoms with Crippen LogP contribution in [-0.4, -0.2) is 21.0 Å². The summed E-state index contributed by atoms with van der Waals surface area (Å²) >= 11 is 0. The molecule has 1 N–H and O–H groups in total. The van der Waals surface area contributed by atoms with Crippen molar-refractivity contribution in [3.63, 3.8) is 0 Å². The second-order valence-electron chi connectivity index (χ2n) is 2.99. The van der Waals surface area contributed by atoms with Crippen molar-refractivity contribution in [1.82, 2.24) is 9.97 Å². The molecule has 2 rings (SSSR count). The third-order valence-corrected chi connectivity index (χ3v) is 1.92. The predicted octanol–water partition coefficient (Wildman–Crippen LogP) is 1.64. The van der Waals surface area contributed by atoms with Crippen LogP contribution < -0.4 is 0 Å².